The van der Waals surface area contributed by atoms with Crippen LogP contribution in [0.25, 0.3) is 0 Å². The predicted octanol–water partition coefficient (Wildman–Crippen LogP) is 1.74. The zero-order chi connectivity index (χ0) is 14.8. The van der Waals surface area contributed by atoms with Gasteiger partial charge in [0.2, 0.25) is 0 Å². The lowest BCUT2D eigenvalue weighted by Gasteiger charge is -2.30. The number of oxime groups is 1. The quantitative estimate of drug-likeness (QED) is 0.851. The molecule has 1 aromatic carbocycles. The Morgan fingerprint density at radius 3 is 2.60 bits per heavy atom. The van der Waals surface area contributed by atoms with E-state index in [-0.39, 0.29) is 12.3 Å². The summed E-state index contributed by atoms with van der Waals surface area (Å²) in [5.74, 6) is -0.757. The van der Waals surface area contributed by atoms with Gasteiger partial charge in [-0.25, -0.2) is 4.79 Å². The lowest BCUT2D eigenvalue weighted by atomic mass is 9.84. The molecule has 20 heavy (non-hydrogen) atoms. The fraction of sp³-hybridized carbons (Fsp3) is 0.467. The average molecular weight is 277 g/mol. The molecule has 1 aliphatic heterocycles. The van der Waals surface area contributed by atoms with Crippen LogP contribution in [-0.2, 0) is 14.4 Å². The summed E-state index contributed by atoms with van der Waals surface area (Å²) in [6.45, 7) is 3.64. The molecule has 1 heterocycles. The second kappa shape index (κ2) is 5.63. The number of carbonyl (C=O) groups excluding carboxylic acids is 1. The molecule has 2 rings (SSSR count). The number of esters is 1. The molecule has 1 N–H and O–H groups in total. The Bertz CT molecular complexity index is 512. The molecule has 108 valence electrons. The average Bonchev–Trinajstić information content (AvgIpc) is 2.92. The molecule has 0 amide bonds. The van der Waals surface area contributed by atoms with Crippen LogP contribution in [0.2, 0.25) is 0 Å². The van der Waals surface area contributed by atoms with Crippen molar-refractivity contribution in [1.29, 1.82) is 0 Å². The third-order valence-corrected chi connectivity index (χ3v) is 3.50. The van der Waals surface area contributed by atoms with E-state index in [0.717, 1.165) is 5.56 Å². The molecule has 0 saturated heterocycles. The van der Waals surface area contributed by atoms with E-state index in [1.807, 2.05) is 44.2 Å². The van der Waals surface area contributed by atoms with Crippen molar-refractivity contribution in [2.24, 2.45) is 11.1 Å². The molecule has 0 radical (unpaired) electrons. The minimum absolute atomic E-state index is 0.153. The van der Waals surface area contributed by atoms with Gasteiger partial charge >= 0.3 is 5.97 Å². The van der Waals surface area contributed by atoms with Crippen LogP contribution in [0.15, 0.2) is 35.5 Å². The highest BCUT2D eigenvalue weighted by Crippen LogP contribution is 2.34. The Balaban J connectivity index is 2.29. The summed E-state index contributed by atoms with van der Waals surface area (Å²) in [4.78, 5) is 17.4. The van der Waals surface area contributed by atoms with Gasteiger partial charge in [-0.1, -0.05) is 49.3 Å². The van der Waals surface area contributed by atoms with Gasteiger partial charge in [0.05, 0.1) is 19.2 Å². The predicted molar refractivity (Wildman–Crippen MR) is 74.3 cm³/mol. The zero-order valence-corrected chi connectivity index (χ0v) is 11.9. The van der Waals surface area contributed by atoms with Gasteiger partial charge < -0.3 is 14.7 Å². The van der Waals surface area contributed by atoms with Crippen LogP contribution in [0.5, 0.6) is 0 Å². The third-order valence-electron chi connectivity index (χ3n) is 3.50. The summed E-state index contributed by atoms with van der Waals surface area (Å²) in [6, 6.07) is 9.44. The monoisotopic (exact) mass is 277 g/mol. The molecule has 2 atom stereocenters. The van der Waals surface area contributed by atoms with Crippen molar-refractivity contribution in [3.8, 4) is 0 Å². The zero-order valence-electron chi connectivity index (χ0n) is 11.9. The number of benzene rings is 1. The van der Waals surface area contributed by atoms with E-state index >= 15 is 0 Å². The fourth-order valence-corrected chi connectivity index (χ4v) is 2.34. The van der Waals surface area contributed by atoms with Crippen LogP contribution >= 0.6 is 0 Å². The summed E-state index contributed by atoms with van der Waals surface area (Å²) in [5, 5.41) is 14.3. The molecule has 5 heteroatoms. The van der Waals surface area contributed by atoms with Gasteiger partial charge in [-0.3, -0.25) is 0 Å². The van der Waals surface area contributed by atoms with Crippen LogP contribution in [0.1, 0.15) is 25.8 Å². The van der Waals surface area contributed by atoms with E-state index < -0.39 is 17.7 Å². The lowest BCUT2D eigenvalue weighted by molar-refractivity contribution is -0.185. The van der Waals surface area contributed by atoms with E-state index in [1.54, 1.807) is 0 Å². The minimum atomic E-state index is -1.45. The molecule has 1 aliphatic rings. The third kappa shape index (κ3) is 2.41. The summed E-state index contributed by atoms with van der Waals surface area (Å²) < 4.78 is 4.80. The van der Waals surface area contributed by atoms with Crippen LogP contribution < -0.4 is 0 Å². The Kier molecular flexibility index (Phi) is 4.09. The molecule has 1 aromatic rings. The smallest absolute Gasteiger partial charge is 0.356 e. The van der Waals surface area contributed by atoms with E-state index in [2.05, 4.69) is 5.16 Å². The van der Waals surface area contributed by atoms with Gasteiger partial charge in [0, 0.05) is 0 Å². The Labute approximate surface area is 118 Å². The van der Waals surface area contributed by atoms with Gasteiger partial charge in [-0.2, -0.15) is 0 Å². The molecule has 0 unspecified atom stereocenters. The van der Waals surface area contributed by atoms with Crippen molar-refractivity contribution in [3.63, 3.8) is 0 Å². The van der Waals surface area contributed by atoms with Gasteiger partial charge in [-0.15, -0.1) is 0 Å². The topological polar surface area (TPSA) is 68.1 Å². The van der Waals surface area contributed by atoms with Crippen molar-refractivity contribution < 1.29 is 19.5 Å². The van der Waals surface area contributed by atoms with E-state index in [0.29, 0.717) is 5.71 Å². The molecule has 5 nitrogen and oxygen atoms in total. The maximum absolute atomic E-state index is 12.1. The van der Waals surface area contributed by atoms with Crippen molar-refractivity contribution in [2.45, 2.75) is 32.0 Å². The first-order valence-corrected chi connectivity index (χ1v) is 6.58. The molecular formula is C15H19NO4. The molecule has 0 bridgehead atoms. The Morgan fingerprint density at radius 1 is 1.40 bits per heavy atom. The van der Waals surface area contributed by atoms with Crippen LogP contribution in [0.4, 0.5) is 0 Å². The van der Waals surface area contributed by atoms with E-state index in [9.17, 15) is 9.90 Å². The van der Waals surface area contributed by atoms with Crippen LogP contribution in [0.3, 0.4) is 0 Å². The minimum Gasteiger partial charge on any atom is -0.466 e. The first-order chi connectivity index (χ1) is 9.51. The molecule has 0 spiro atoms. The van der Waals surface area contributed by atoms with Crippen LogP contribution in [-0.4, -0.2) is 35.6 Å². The second-order valence-corrected chi connectivity index (χ2v) is 5.24. The van der Waals surface area contributed by atoms with Crippen molar-refractivity contribution >= 4 is 11.7 Å². The fourth-order valence-electron chi connectivity index (χ4n) is 2.34. The summed E-state index contributed by atoms with van der Waals surface area (Å²) in [7, 11) is 1.28. The summed E-state index contributed by atoms with van der Waals surface area (Å²) in [5.41, 5.74) is 0.0543. The standard InChI is InChI=1S/C15H19NO4/c1-10(2)13(17)15(14(18)19-3)9-12(16-20-15)11-7-5-4-6-8-11/h4-8,10,13,17H,9H2,1-3H3/t13-,15+/m1/s1. The molecule has 0 aliphatic carbocycles. The number of nitrogens with zero attached hydrogens (tertiary/aromatic N) is 1. The molecule has 0 fully saturated rings. The summed E-state index contributed by atoms with van der Waals surface area (Å²) in [6.07, 6.45) is -0.789. The first-order valence-electron chi connectivity index (χ1n) is 6.58. The summed E-state index contributed by atoms with van der Waals surface area (Å²) >= 11 is 0. The number of rotatable bonds is 4. The highest BCUT2D eigenvalue weighted by atomic mass is 16.7. The number of carbonyl (C=O) groups is 1. The maximum Gasteiger partial charge on any atom is 0.356 e. The second-order valence-electron chi connectivity index (χ2n) is 5.24. The highest BCUT2D eigenvalue weighted by Gasteiger charge is 2.54. The normalized spacial score (nSPS) is 23.1. The van der Waals surface area contributed by atoms with Gasteiger partial charge in [0.25, 0.3) is 5.60 Å². The Hall–Kier alpha value is -1.88. The number of aliphatic hydroxyl groups excluding tert-OH is 1. The Morgan fingerprint density at radius 2 is 2.05 bits per heavy atom. The molecular weight excluding hydrogens is 258 g/mol. The number of hydrogen-bond acceptors (Lipinski definition) is 5. The maximum atomic E-state index is 12.1. The van der Waals surface area contributed by atoms with Crippen molar-refractivity contribution in [2.75, 3.05) is 7.11 Å². The lowest BCUT2D eigenvalue weighted by Crippen LogP contribution is -2.52. The SMILES string of the molecule is COC(=O)[C@@]1([C@H](O)C(C)C)CC(c2ccccc2)=NO1. The van der Waals surface area contributed by atoms with E-state index in [1.165, 1.54) is 7.11 Å². The first kappa shape index (κ1) is 14.5. The number of hydrogen-bond donors (Lipinski definition) is 1. The van der Waals surface area contributed by atoms with Gasteiger partial charge in [-0.05, 0) is 11.5 Å². The van der Waals surface area contributed by atoms with Gasteiger partial charge in [0.1, 0.15) is 6.10 Å². The number of ether oxygens (including phenoxy) is 1. The largest absolute Gasteiger partial charge is 0.466 e. The molecule has 0 saturated carbocycles. The van der Waals surface area contributed by atoms with Gasteiger partial charge in [0.15, 0.2) is 0 Å². The van der Waals surface area contributed by atoms with E-state index in [4.69, 9.17) is 9.57 Å². The van der Waals surface area contributed by atoms with Crippen molar-refractivity contribution in [3.05, 3.63) is 35.9 Å². The van der Waals surface area contributed by atoms with Crippen molar-refractivity contribution in [1.82, 2.24) is 0 Å². The number of methoxy groups -OCH3 is 1. The molecule has 0 aromatic heterocycles. The highest BCUT2D eigenvalue weighted by molar-refractivity contribution is 6.04. The van der Waals surface area contributed by atoms with Crippen LogP contribution in [0, 0.1) is 5.92 Å². The number of aliphatic hydroxyl groups is 1.